The predicted octanol–water partition coefficient (Wildman–Crippen LogP) is 2.71. The van der Waals surface area contributed by atoms with Crippen molar-refractivity contribution in [1.29, 1.82) is 5.41 Å². The van der Waals surface area contributed by atoms with Crippen LogP contribution in [-0.4, -0.2) is 73.3 Å². The molecule has 4 rings (SSSR count). The van der Waals surface area contributed by atoms with Crippen molar-refractivity contribution in [1.82, 2.24) is 14.5 Å². The monoisotopic (exact) mass is 625 g/mol. The summed E-state index contributed by atoms with van der Waals surface area (Å²) in [7, 11) is -2.17. The topological polar surface area (TPSA) is 157 Å². The first-order valence-corrected chi connectivity index (χ1v) is 14.4. The molecule has 0 fully saturated rings. The maximum Gasteiger partial charge on any atom is 0.326 e. The molecule has 0 aromatic heterocycles. The summed E-state index contributed by atoms with van der Waals surface area (Å²) in [5.74, 6) is -1.91. The molecule has 224 valence electrons. The Kier molecular flexibility index (Phi) is 11.9. The first-order valence-electron chi connectivity index (χ1n) is 13.0. The van der Waals surface area contributed by atoms with Gasteiger partial charge in [0, 0.05) is 25.2 Å². The minimum absolute atomic E-state index is 0. The molecule has 1 amide bonds. The lowest BCUT2D eigenvalue weighted by molar-refractivity contribution is -0.150. The van der Waals surface area contributed by atoms with Crippen LogP contribution < -0.4 is 10.5 Å². The zero-order valence-corrected chi connectivity index (χ0v) is 25.4. The third kappa shape index (κ3) is 8.08. The summed E-state index contributed by atoms with van der Waals surface area (Å²) in [6.45, 7) is 3.52. The lowest BCUT2D eigenvalue weighted by atomic mass is 9.96. The summed E-state index contributed by atoms with van der Waals surface area (Å²) in [6.07, 6.45) is 3.48. The van der Waals surface area contributed by atoms with Crippen LogP contribution in [0.25, 0.3) is 0 Å². The molecule has 2 aromatic carbocycles. The highest BCUT2D eigenvalue weighted by molar-refractivity contribution is 7.89. The van der Waals surface area contributed by atoms with Crippen LogP contribution in [-0.2, 0) is 39.0 Å². The van der Waals surface area contributed by atoms with Gasteiger partial charge in [-0.05, 0) is 67.6 Å². The van der Waals surface area contributed by atoms with Crippen LogP contribution in [0.15, 0.2) is 59.0 Å². The Morgan fingerprint density at radius 2 is 1.90 bits per heavy atom. The summed E-state index contributed by atoms with van der Waals surface area (Å²) < 4.78 is 29.8. The van der Waals surface area contributed by atoms with Gasteiger partial charge in [-0.3, -0.25) is 10.2 Å². The van der Waals surface area contributed by atoms with E-state index in [0.29, 0.717) is 24.1 Å². The fraction of sp³-hybridized carbons (Fsp3) is 0.393. The fourth-order valence-corrected chi connectivity index (χ4v) is 6.37. The Hall–Kier alpha value is -2.96. The lowest BCUT2D eigenvalue weighted by Gasteiger charge is -2.35. The van der Waals surface area contributed by atoms with Crippen molar-refractivity contribution in [3.05, 3.63) is 76.4 Å². The maximum absolute atomic E-state index is 13.8. The number of carboxylic acids is 1. The molecule has 0 spiro atoms. The number of halogens is 2. The van der Waals surface area contributed by atoms with Crippen LogP contribution in [0.5, 0.6) is 0 Å². The van der Waals surface area contributed by atoms with Crippen LogP contribution in [0.3, 0.4) is 0 Å². The van der Waals surface area contributed by atoms with Gasteiger partial charge in [-0.2, -0.15) is 4.72 Å². The molecule has 0 radical (unpaired) electrons. The van der Waals surface area contributed by atoms with E-state index in [1.165, 1.54) is 4.90 Å². The van der Waals surface area contributed by atoms with Gasteiger partial charge >= 0.3 is 5.97 Å². The summed E-state index contributed by atoms with van der Waals surface area (Å²) in [5, 5.41) is 17.6. The minimum atomic E-state index is -4.14. The van der Waals surface area contributed by atoms with Gasteiger partial charge in [-0.1, -0.05) is 42.8 Å². The van der Waals surface area contributed by atoms with Crippen LogP contribution in [0.1, 0.15) is 42.0 Å². The largest absolute Gasteiger partial charge is 0.480 e. The van der Waals surface area contributed by atoms with Gasteiger partial charge in [0.25, 0.3) is 0 Å². The third-order valence-corrected chi connectivity index (χ3v) is 8.86. The number of sulfonamides is 1. The van der Waals surface area contributed by atoms with Crippen molar-refractivity contribution in [3.63, 3.8) is 0 Å². The average molecular weight is 627 g/mol. The van der Waals surface area contributed by atoms with Gasteiger partial charge in [-0.25, -0.2) is 13.2 Å². The van der Waals surface area contributed by atoms with Gasteiger partial charge in [0.1, 0.15) is 17.9 Å². The second-order valence-corrected chi connectivity index (χ2v) is 11.9. The van der Waals surface area contributed by atoms with Gasteiger partial charge in [0.05, 0.1) is 4.90 Å². The van der Waals surface area contributed by atoms with Gasteiger partial charge < -0.3 is 20.6 Å². The van der Waals surface area contributed by atoms with E-state index in [1.807, 2.05) is 26.1 Å². The first-order chi connectivity index (χ1) is 18.5. The maximum atomic E-state index is 13.8. The molecule has 10 nitrogen and oxygen atoms in total. The number of carbonyl (C=O) groups is 2. The number of rotatable bonds is 9. The van der Waals surface area contributed by atoms with Crippen molar-refractivity contribution in [2.24, 2.45) is 5.73 Å². The number of nitrogen functional groups attached to an aromatic ring is 1. The Labute approximate surface area is 253 Å². The second-order valence-electron chi connectivity index (χ2n) is 10.2. The number of nitrogens with one attached hydrogen (secondary N) is 2. The van der Waals surface area contributed by atoms with E-state index in [0.717, 1.165) is 29.7 Å². The van der Waals surface area contributed by atoms with Crippen LogP contribution in [0.2, 0.25) is 0 Å². The van der Waals surface area contributed by atoms with Crippen molar-refractivity contribution in [2.75, 3.05) is 20.1 Å². The lowest BCUT2D eigenvalue weighted by Crippen LogP contribution is -2.55. The minimum Gasteiger partial charge on any atom is -0.480 e. The molecule has 41 heavy (non-hydrogen) atoms. The van der Waals surface area contributed by atoms with E-state index in [-0.39, 0.29) is 54.9 Å². The van der Waals surface area contributed by atoms with Crippen LogP contribution in [0.4, 0.5) is 0 Å². The number of amides is 1. The Morgan fingerprint density at radius 3 is 2.56 bits per heavy atom. The normalized spacial score (nSPS) is 17.8. The van der Waals surface area contributed by atoms with E-state index in [9.17, 15) is 23.1 Å². The molecule has 13 heteroatoms. The number of carboxylic acid groups (broad SMARTS) is 1. The van der Waals surface area contributed by atoms with Gasteiger partial charge in [0.15, 0.2) is 0 Å². The molecule has 0 bridgehead atoms. The quantitative estimate of drug-likeness (QED) is 0.189. The Bertz CT molecular complexity index is 1430. The highest BCUT2D eigenvalue weighted by Gasteiger charge is 2.37. The number of benzene rings is 2. The SMILES string of the molecule is CCC1=CCN(C(=O)[C@H](Cc2cccc(C(=N)N)c2)NS(=O)(=O)c2ccc3c(c2)CN(C)CC3)[C@@H](C(=O)O)C1.Cl.Cl. The van der Waals surface area contributed by atoms with E-state index < -0.39 is 34.0 Å². The van der Waals surface area contributed by atoms with Crippen molar-refractivity contribution in [3.8, 4) is 0 Å². The molecule has 0 unspecified atom stereocenters. The van der Waals surface area contributed by atoms with Crippen LogP contribution in [0, 0.1) is 5.41 Å². The summed E-state index contributed by atoms with van der Waals surface area (Å²) >= 11 is 0. The molecule has 2 atom stereocenters. The fourth-order valence-electron chi connectivity index (χ4n) is 5.13. The number of nitrogens with two attached hydrogens (primary N) is 1. The number of hydrogen-bond donors (Lipinski definition) is 4. The molecule has 2 aliphatic heterocycles. The molecule has 2 heterocycles. The number of carbonyl (C=O) groups excluding carboxylic acids is 1. The zero-order chi connectivity index (χ0) is 28.3. The zero-order valence-electron chi connectivity index (χ0n) is 23.0. The highest BCUT2D eigenvalue weighted by Crippen LogP contribution is 2.25. The van der Waals surface area contributed by atoms with Gasteiger partial charge in [0.2, 0.25) is 15.9 Å². The van der Waals surface area contributed by atoms with Crippen molar-refractivity contribution in [2.45, 2.75) is 56.1 Å². The molecule has 0 saturated heterocycles. The van der Waals surface area contributed by atoms with Gasteiger partial charge in [-0.15, -0.1) is 24.8 Å². The van der Waals surface area contributed by atoms with E-state index in [2.05, 4.69) is 9.62 Å². The Morgan fingerprint density at radius 1 is 1.17 bits per heavy atom. The average Bonchev–Trinajstić information content (AvgIpc) is 2.91. The number of hydrogen-bond acceptors (Lipinski definition) is 6. The molecule has 5 N–H and O–H groups in total. The molecular weight excluding hydrogens is 589 g/mol. The third-order valence-electron chi connectivity index (χ3n) is 7.40. The number of amidine groups is 1. The van der Waals surface area contributed by atoms with E-state index in [1.54, 1.807) is 36.4 Å². The van der Waals surface area contributed by atoms with Crippen LogP contribution >= 0.6 is 24.8 Å². The van der Waals surface area contributed by atoms with E-state index >= 15 is 0 Å². The molecular formula is C28H37Cl2N5O5S. The number of nitrogens with zero attached hydrogens (tertiary/aromatic N) is 2. The number of likely N-dealkylation sites (N-methyl/N-ethyl adjacent to an activating group) is 1. The predicted molar refractivity (Wildman–Crippen MR) is 162 cm³/mol. The molecule has 2 aromatic rings. The molecule has 0 aliphatic carbocycles. The summed E-state index contributed by atoms with van der Waals surface area (Å²) in [4.78, 5) is 29.3. The van der Waals surface area contributed by atoms with Crippen molar-refractivity contribution >= 4 is 52.5 Å². The first kappa shape index (κ1) is 34.2. The van der Waals surface area contributed by atoms with Crippen molar-refractivity contribution < 1.29 is 23.1 Å². The Balaban J connectivity index is 0.00000294. The number of aliphatic carboxylic acids is 1. The summed E-state index contributed by atoms with van der Waals surface area (Å²) in [6, 6.07) is 9.32. The second kappa shape index (κ2) is 14.3. The standard InChI is InChI=1S/C28H35N5O5S.2ClH/c1-3-18-9-12-33(25(15-18)28(35)36)27(34)24(14-19-5-4-6-21(13-19)26(29)30)31-39(37,38)23-8-7-20-10-11-32(2)17-22(20)16-23;;/h4-9,13,16,24-25,31H,3,10-12,14-15,17H2,1-2H3,(H3,29,30)(H,35,36);2*1H/t24-,25+;;/m0../s1. The number of fused-ring (bicyclic) bond motifs is 1. The highest BCUT2D eigenvalue weighted by atomic mass is 35.5. The summed E-state index contributed by atoms with van der Waals surface area (Å²) in [5.41, 5.74) is 9.62. The molecule has 0 saturated carbocycles. The smallest absolute Gasteiger partial charge is 0.326 e. The van der Waals surface area contributed by atoms with E-state index in [4.69, 9.17) is 11.1 Å². The molecule has 2 aliphatic rings.